The van der Waals surface area contributed by atoms with Gasteiger partial charge in [-0.1, -0.05) is 24.3 Å². The lowest BCUT2D eigenvalue weighted by atomic mass is 9.97. The standard InChI is InChI=1S/C20H25NO2S/c1-21-16-12-19(14-4-8-17(22-2)9-5-14)24-20(13-16)15-6-10-18(23-3)11-7-15/h4-11,16,19-21H,12-13H2,1-3H3. The topological polar surface area (TPSA) is 30.5 Å². The zero-order valence-corrected chi connectivity index (χ0v) is 15.3. The third kappa shape index (κ3) is 3.87. The smallest absolute Gasteiger partial charge is 0.118 e. The van der Waals surface area contributed by atoms with Crippen LogP contribution in [-0.2, 0) is 0 Å². The number of ether oxygens (including phenoxy) is 2. The molecule has 2 atom stereocenters. The summed E-state index contributed by atoms with van der Waals surface area (Å²) in [6, 6.07) is 17.5. The Hall–Kier alpha value is -1.65. The third-order valence-electron chi connectivity index (χ3n) is 4.71. The van der Waals surface area contributed by atoms with Crippen molar-refractivity contribution >= 4 is 11.8 Å². The fourth-order valence-corrected chi connectivity index (χ4v) is 4.94. The van der Waals surface area contributed by atoms with Crippen LogP contribution in [-0.4, -0.2) is 27.3 Å². The summed E-state index contributed by atoms with van der Waals surface area (Å²) in [5.41, 5.74) is 2.75. The maximum absolute atomic E-state index is 5.28. The molecule has 0 aliphatic carbocycles. The molecule has 1 fully saturated rings. The van der Waals surface area contributed by atoms with Crippen molar-refractivity contribution in [2.45, 2.75) is 29.4 Å². The lowest BCUT2D eigenvalue weighted by Gasteiger charge is -2.35. The van der Waals surface area contributed by atoms with Crippen molar-refractivity contribution in [3.05, 3.63) is 59.7 Å². The van der Waals surface area contributed by atoms with Crippen LogP contribution in [0.15, 0.2) is 48.5 Å². The van der Waals surface area contributed by atoms with Crippen LogP contribution >= 0.6 is 11.8 Å². The van der Waals surface area contributed by atoms with E-state index in [4.69, 9.17) is 9.47 Å². The largest absolute Gasteiger partial charge is 0.497 e. The molecule has 3 rings (SSSR count). The quantitative estimate of drug-likeness (QED) is 0.859. The molecule has 2 unspecified atom stereocenters. The van der Waals surface area contributed by atoms with Crippen LogP contribution in [0.25, 0.3) is 0 Å². The Morgan fingerprint density at radius 2 is 1.21 bits per heavy atom. The summed E-state index contributed by atoms with van der Waals surface area (Å²) in [4.78, 5) is 0. The monoisotopic (exact) mass is 343 g/mol. The van der Waals surface area contributed by atoms with E-state index in [-0.39, 0.29) is 0 Å². The normalized spacial score (nSPS) is 23.7. The van der Waals surface area contributed by atoms with Crippen LogP contribution in [0.5, 0.6) is 11.5 Å². The maximum atomic E-state index is 5.28. The zero-order valence-electron chi connectivity index (χ0n) is 14.5. The SMILES string of the molecule is CNC1CC(c2ccc(OC)cc2)SC(c2ccc(OC)cc2)C1. The Morgan fingerprint density at radius 3 is 1.54 bits per heavy atom. The summed E-state index contributed by atoms with van der Waals surface area (Å²) in [7, 11) is 5.49. The highest BCUT2D eigenvalue weighted by Gasteiger charge is 2.30. The second-order valence-corrected chi connectivity index (χ2v) is 7.53. The number of nitrogens with one attached hydrogen (secondary N) is 1. The number of hydrogen-bond donors (Lipinski definition) is 1. The van der Waals surface area contributed by atoms with Gasteiger partial charge in [-0.3, -0.25) is 0 Å². The minimum atomic E-state index is 0.495. The molecule has 4 heteroatoms. The second-order valence-electron chi connectivity index (χ2n) is 6.12. The summed E-state index contributed by atoms with van der Waals surface area (Å²) in [6.07, 6.45) is 2.31. The van der Waals surface area contributed by atoms with Crippen LogP contribution in [0.2, 0.25) is 0 Å². The average Bonchev–Trinajstić information content (AvgIpc) is 2.67. The predicted octanol–water partition coefficient (Wildman–Crippen LogP) is 4.60. The van der Waals surface area contributed by atoms with Gasteiger partial charge in [0, 0.05) is 16.5 Å². The lowest BCUT2D eigenvalue weighted by Crippen LogP contribution is -2.31. The number of rotatable bonds is 5. The summed E-state index contributed by atoms with van der Waals surface area (Å²) in [5, 5.41) is 4.48. The molecule has 24 heavy (non-hydrogen) atoms. The molecule has 1 saturated heterocycles. The molecule has 0 bridgehead atoms. The van der Waals surface area contributed by atoms with Crippen molar-refractivity contribution < 1.29 is 9.47 Å². The predicted molar refractivity (Wildman–Crippen MR) is 101 cm³/mol. The van der Waals surface area contributed by atoms with Gasteiger partial charge >= 0.3 is 0 Å². The van der Waals surface area contributed by atoms with Crippen LogP contribution in [0.3, 0.4) is 0 Å². The third-order valence-corrected chi connectivity index (χ3v) is 6.30. The van der Waals surface area contributed by atoms with Gasteiger partial charge in [-0.25, -0.2) is 0 Å². The first-order chi connectivity index (χ1) is 11.7. The fourth-order valence-electron chi connectivity index (χ4n) is 3.22. The summed E-state index contributed by atoms with van der Waals surface area (Å²) < 4.78 is 10.6. The Bertz CT molecular complexity index is 586. The van der Waals surface area contributed by atoms with E-state index >= 15 is 0 Å². The molecule has 2 aromatic carbocycles. The first kappa shape index (κ1) is 17.2. The maximum Gasteiger partial charge on any atom is 0.118 e. The average molecular weight is 343 g/mol. The van der Waals surface area contributed by atoms with Gasteiger partial charge in [0.1, 0.15) is 11.5 Å². The Labute approximate surface area is 148 Å². The van der Waals surface area contributed by atoms with E-state index in [1.54, 1.807) is 14.2 Å². The molecular formula is C20H25NO2S. The van der Waals surface area contributed by atoms with Crippen molar-refractivity contribution in [1.29, 1.82) is 0 Å². The van der Waals surface area contributed by atoms with Crippen LogP contribution in [0, 0.1) is 0 Å². The van der Waals surface area contributed by atoms with Crippen molar-refractivity contribution in [2.24, 2.45) is 0 Å². The van der Waals surface area contributed by atoms with Gasteiger partial charge in [0.2, 0.25) is 0 Å². The van der Waals surface area contributed by atoms with Crippen molar-refractivity contribution in [3.8, 4) is 11.5 Å². The second kappa shape index (κ2) is 7.95. The molecule has 1 aliphatic heterocycles. The van der Waals surface area contributed by atoms with Gasteiger partial charge in [0.15, 0.2) is 0 Å². The minimum absolute atomic E-state index is 0.495. The number of thioether (sulfide) groups is 1. The molecule has 0 radical (unpaired) electrons. The summed E-state index contributed by atoms with van der Waals surface area (Å²) in [6.45, 7) is 0. The van der Waals surface area contributed by atoms with Crippen molar-refractivity contribution in [2.75, 3.05) is 21.3 Å². The van der Waals surface area contributed by atoms with E-state index in [1.807, 2.05) is 0 Å². The van der Waals surface area contributed by atoms with E-state index in [9.17, 15) is 0 Å². The highest BCUT2D eigenvalue weighted by molar-refractivity contribution is 7.99. The molecule has 2 aromatic rings. The molecule has 3 nitrogen and oxygen atoms in total. The molecule has 0 saturated carbocycles. The van der Waals surface area contributed by atoms with Gasteiger partial charge in [0.25, 0.3) is 0 Å². The van der Waals surface area contributed by atoms with E-state index in [2.05, 4.69) is 72.7 Å². The molecule has 1 N–H and O–H groups in total. The van der Waals surface area contributed by atoms with Crippen LogP contribution in [0.4, 0.5) is 0 Å². The first-order valence-corrected chi connectivity index (χ1v) is 9.28. The van der Waals surface area contributed by atoms with Gasteiger partial charge < -0.3 is 14.8 Å². The summed E-state index contributed by atoms with van der Waals surface area (Å²) in [5.74, 6) is 1.83. The molecule has 1 aliphatic rings. The number of benzene rings is 2. The molecule has 0 spiro atoms. The molecule has 0 amide bonds. The van der Waals surface area contributed by atoms with Gasteiger partial charge in [0.05, 0.1) is 14.2 Å². The van der Waals surface area contributed by atoms with Crippen LogP contribution in [0.1, 0.15) is 34.5 Å². The Kier molecular flexibility index (Phi) is 5.69. The van der Waals surface area contributed by atoms with E-state index in [0.29, 0.717) is 16.5 Å². The number of hydrogen-bond acceptors (Lipinski definition) is 4. The van der Waals surface area contributed by atoms with Crippen LogP contribution < -0.4 is 14.8 Å². The molecule has 0 aromatic heterocycles. The van der Waals surface area contributed by atoms with Gasteiger partial charge in [-0.05, 0) is 55.3 Å². The highest BCUT2D eigenvalue weighted by Crippen LogP contribution is 2.50. The molecular weight excluding hydrogens is 318 g/mol. The van der Waals surface area contributed by atoms with E-state index in [0.717, 1.165) is 24.3 Å². The fraction of sp³-hybridized carbons (Fsp3) is 0.400. The summed E-state index contributed by atoms with van der Waals surface area (Å²) >= 11 is 2.06. The van der Waals surface area contributed by atoms with Gasteiger partial charge in [-0.15, -0.1) is 11.8 Å². The number of methoxy groups -OCH3 is 2. The van der Waals surface area contributed by atoms with E-state index < -0.39 is 0 Å². The zero-order chi connectivity index (χ0) is 16.9. The van der Waals surface area contributed by atoms with Crippen molar-refractivity contribution in [3.63, 3.8) is 0 Å². The van der Waals surface area contributed by atoms with Gasteiger partial charge in [-0.2, -0.15) is 0 Å². The van der Waals surface area contributed by atoms with Crippen molar-refractivity contribution in [1.82, 2.24) is 5.32 Å². The first-order valence-electron chi connectivity index (χ1n) is 8.34. The Balaban J connectivity index is 1.79. The molecule has 128 valence electrons. The molecule has 1 heterocycles. The highest BCUT2D eigenvalue weighted by atomic mass is 32.2. The van der Waals surface area contributed by atoms with E-state index in [1.165, 1.54) is 11.1 Å². The minimum Gasteiger partial charge on any atom is -0.497 e. The Morgan fingerprint density at radius 1 is 0.792 bits per heavy atom. The lowest BCUT2D eigenvalue weighted by molar-refractivity contribution is 0.414.